The van der Waals surface area contributed by atoms with Crippen LogP contribution < -0.4 is 9.47 Å². The average Bonchev–Trinajstić information content (AvgIpc) is 2.26. The van der Waals surface area contributed by atoms with E-state index >= 15 is 0 Å². The van der Waals surface area contributed by atoms with Crippen LogP contribution in [0.4, 0.5) is 0 Å². The molecule has 4 nitrogen and oxygen atoms in total. The van der Waals surface area contributed by atoms with Crippen LogP contribution in [0.3, 0.4) is 0 Å². The van der Waals surface area contributed by atoms with Crippen molar-refractivity contribution in [2.45, 2.75) is 6.10 Å². The number of nitriles is 1. The summed E-state index contributed by atoms with van der Waals surface area (Å²) in [5.74, 6) is 1.00. The van der Waals surface area contributed by atoms with Crippen molar-refractivity contribution < 1.29 is 14.6 Å². The van der Waals surface area contributed by atoms with Crippen LogP contribution in [0.1, 0.15) is 11.7 Å². The Morgan fingerprint density at radius 1 is 1.40 bits per heavy atom. The summed E-state index contributed by atoms with van der Waals surface area (Å²) in [6, 6.07) is 4.92. The molecule has 80 valence electrons. The molecule has 0 heterocycles. The van der Waals surface area contributed by atoms with Crippen LogP contribution in [0.15, 0.2) is 16.6 Å². The predicted octanol–water partition coefficient (Wildman–Crippen LogP) is 2.02. The fourth-order valence-electron chi connectivity index (χ4n) is 1.17. The van der Waals surface area contributed by atoms with Crippen molar-refractivity contribution in [2.75, 3.05) is 14.2 Å². The minimum Gasteiger partial charge on any atom is -0.493 e. The number of hydrogen-bond donors (Lipinski definition) is 1. The molecule has 0 saturated carbocycles. The smallest absolute Gasteiger partial charge is 0.174 e. The van der Waals surface area contributed by atoms with Crippen LogP contribution in [0.5, 0.6) is 11.5 Å². The normalized spacial score (nSPS) is 11.7. The molecule has 1 aromatic rings. The largest absolute Gasteiger partial charge is 0.493 e. The lowest BCUT2D eigenvalue weighted by atomic mass is 10.1. The van der Waals surface area contributed by atoms with Gasteiger partial charge in [0.2, 0.25) is 0 Å². The number of hydrogen-bond acceptors (Lipinski definition) is 4. The number of rotatable bonds is 3. The number of halogens is 1. The summed E-state index contributed by atoms with van der Waals surface area (Å²) in [6.45, 7) is 0. The Bertz CT molecular complexity index is 400. The van der Waals surface area contributed by atoms with Gasteiger partial charge in [0, 0.05) is 0 Å². The van der Waals surface area contributed by atoms with Crippen molar-refractivity contribution >= 4 is 15.9 Å². The van der Waals surface area contributed by atoms with Crippen molar-refractivity contribution in [3.8, 4) is 17.6 Å². The highest BCUT2D eigenvalue weighted by Crippen LogP contribution is 2.37. The topological polar surface area (TPSA) is 62.5 Å². The summed E-state index contributed by atoms with van der Waals surface area (Å²) >= 11 is 3.27. The standard InChI is InChI=1S/C10H10BrNO3/c1-14-9-4-6(8(13)5-12)3-7(11)10(9)15-2/h3-4,8,13H,1-2H3. The van der Waals surface area contributed by atoms with Gasteiger partial charge in [-0.2, -0.15) is 5.26 Å². The van der Waals surface area contributed by atoms with Crippen LogP contribution in [0.25, 0.3) is 0 Å². The molecule has 0 aliphatic carbocycles. The Morgan fingerprint density at radius 3 is 2.53 bits per heavy atom. The van der Waals surface area contributed by atoms with E-state index in [1.165, 1.54) is 14.2 Å². The molecule has 0 saturated heterocycles. The van der Waals surface area contributed by atoms with Crippen LogP contribution in [0.2, 0.25) is 0 Å². The predicted molar refractivity (Wildman–Crippen MR) is 57.8 cm³/mol. The van der Waals surface area contributed by atoms with Crippen LogP contribution in [-0.4, -0.2) is 19.3 Å². The van der Waals surface area contributed by atoms with Gasteiger partial charge in [0.25, 0.3) is 0 Å². The molecule has 1 aromatic carbocycles. The zero-order chi connectivity index (χ0) is 11.4. The molecule has 1 atom stereocenters. The fourth-order valence-corrected chi connectivity index (χ4v) is 1.79. The first-order valence-electron chi connectivity index (χ1n) is 4.13. The molecule has 1 N–H and O–H groups in total. The van der Waals surface area contributed by atoms with E-state index in [1.807, 2.05) is 0 Å². The van der Waals surface area contributed by atoms with Gasteiger partial charge in [-0.25, -0.2) is 0 Å². The summed E-state index contributed by atoms with van der Waals surface area (Å²) in [5, 5.41) is 17.9. The lowest BCUT2D eigenvalue weighted by molar-refractivity contribution is 0.235. The molecular formula is C10H10BrNO3. The molecule has 1 rings (SSSR count). The molecule has 0 aliphatic heterocycles. The molecule has 0 fully saturated rings. The quantitative estimate of drug-likeness (QED) is 0.855. The maximum atomic E-state index is 9.36. The molecule has 0 aromatic heterocycles. The van der Waals surface area contributed by atoms with Crippen molar-refractivity contribution in [3.63, 3.8) is 0 Å². The van der Waals surface area contributed by atoms with Crippen molar-refractivity contribution in [2.24, 2.45) is 0 Å². The van der Waals surface area contributed by atoms with Gasteiger partial charge in [0.1, 0.15) is 0 Å². The third kappa shape index (κ3) is 2.41. The number of ether oxygens (including phenoxy) is 2. The zero-order valence-electron chi connectivity index (χ0n) is 8.32. The zero-order valence-corrected chi connectivity index (χ0v) is 9.91. The first-order chi connectivity index (χ1) is 7.13. The Hall–Kier alpha value is -1.25. The van der Waals surface area contributed by atoms with Crippen molar-refractivity contribution in [1.82, 2.24) is 0 Å². The maximum absolute atomic E-state index is 9.36. The highest BCUT2D eigenvalue weighted by atomic mass is 79.9. The molecule has 1 unspecified atom stereocenters. The summed E-state index contributed by atoms with van der Waals surface area (Å²) in [4.78, 5) is 0. The van der Waals surface area contributed by atoms with Gasteiger partial charge >= 0.3 is 0 Å². The molecule has 0 aliphatic rings. The Morgan fingerprint density at radius 2 is 2.07 bits per heavy atom. The Balaban J connectivity index is 3.26. The summed E-state index contributed by atoms with van der Waals surface area (Å²) in [5.41, 5.74) is 0.460. The number of aliphatic hydroxyl groups excluding tert-OH is 1. The second-order valence-corrected chi connectivity index (χ2v) is 3.62. The first-order valence-corrected chi connectivity index (χ1v) is 4.92. The minimum absolute atomic E-state index is 0.460. The fraction of sp³-hybridized carbons (Fsp3) is 0.300. The molecule has 0 spiro atoms. The van der Waals surface area contributed by atoms with Crippen LogP contribution in [-0.2, 0) is 0 Å². The van der Waals surface area contributed by atoms with Gasteiger partial charge < -0.3 is 14.6 Å². The van der Waals surface area contributed by atoms with E-state index in [-0.39, 0.29) is 0 Å². The van der Waals surface area contributed by atoms with Crippen molar-refractivity contribution in [1.29, 1.82) is 5.26 Å². The van der Waals surface area contributed by atoms with E-state index in [9.17, 15) is 5.11 Å². The van der Waals surface area contributed by atoms with Crippen LogP contribution in [0, 0.1) is 11.3 Å². The second kappa shape index (κ2) is 5.01. The summed E-state index contributed by atoms with van der Waals surface area (Å²) in [6.07, 6.45) is -1.17. The van der Waals surface area contributed by atoms with E-state index in [0.29, 0.717) is 21.5 Å². The number of benzene rings is 1. The SMILES string of the molecule is COc1cc(C(O)C#N)cc(Br)c1OC. The number of aliphatic hydroxyl groups is 1. The van der Waals surface area contributed by atoms with Gasteiger partial charge in [-0.1, -0.05) is 0 Å². The van der Waals surface area contributed by atoms with E-state index < -0.39 is 6.10 Å². The molecule has 0 bridgehead atoms. The average molecular weight is 272 g/mol. The van der Waals surface area contributed by atoms with E-state index in [2.05, 4.69) is 15.9 Å². The number of methoxy groups -OCH3 is 2. The maximum Gasteiger partial charge on any atom is 0.174 e. The monoisotopic (exact) mass is 271 g/mol. The summed E-state index contributed by atoms with van der Waals surface area (Å²) in [7, 11) is 3.01. The van der Waals surface area contributed by atoms with E-state index in [0.717, 1.165) is 0 Å². The van der Waals surface area contributed by atoms with Crippen LogP contribution >= 0.6 is 15.9 Å². The summed E-state index contributed by atoms with van der Waals surface area (Å²) < 4.78 is 10.8. The first kappa shape index (κ1) is 11.8. The minimum atomic E-state index is -1.17. The van der Waals surface area contributed by atoms with Gasteiger partial charge in [0.15, 0.2) is 17.6 Å². The van der Waals surface area contributed by atoms with Gasteiger partial charge in [-0.15, -0.1) is 0 Å². The second-order valence-electron chi connectivity index (χ2n) is 2.77. The highest BCUT2D eigenvalue weighted by molar-refractivity contribution is 9.10. The Kier molecular flexibility index (Phi) is 3.95. The molecule has 0 radical (unpaired) electrons. The highest BCUT2D eigenvalue weighted by Gasteiger charge is 2.14. The number of nitrogens with zero attached hydrogens (tertiary/aromatic N) is 1. The van der Waals surface area contributed by atoms with Gasteiger partial charge in [-0.05, 0) is 33.6 Å². The van der Waals surface area contributed by atoms with Gasteiger partial charge in [-0.3, -0.25) is 0 Å². The third-order valence-electron chi connectivity index (χ3n) is 1.89. The Labute approximate surface area is 96.2 Å². The molecular weight excluding hydrogens is 262 g/mol. The molecule has 5 heteroatoms. The lowest BCUT2D eigenvalue weighted by Gasteiger charge is -2.12. The third-order valence-corrected chi connectivity index (χ3v) is 2.48. The van der Waals surface area contributed by atoms with E-state index in [4.69, 9.17) is 14.7 Å². The van der Waals surface area contributed by atoms with Gasteiger partial charge in [0.05, 0.1) is 24.8 Å². The molecule has 0 amide bonds. The molecule has 15 heavy (non-hydrogen) atoms. The van der Waals surface area contributed by atoms with Crippen molar-refractivity contribution in [3.05, 3.63) is 22.2 Å². The van der Waals surface area contributed by atoms with E-state index in [1.54, 1.807) is 18.2 Å². The lowest BCUT2D eigenvalue weighted by Crippen LogP contribution is -1.97.